The van der Waals surface area contributed by atoms with E-state index in [4.69, 9.17) is 0 Å². The van der Waals surface area contributed by atoms with Gasteiger partial charge in [0.25, 0.3) is 5.91 Å². The van der Waals surface area contributed by atoms with Crippen LogP contribution in [0.3, 0.4) is 0 Å². The number of halogens is 2. The minimum atomic E-state index is -0.591. The molecule has 0 saturated carbocycles. The molecule has 3 nitrogen and oxygen atoms in total. The van der Waals surface area contributed by atoms with Gasteiger partial charge in [0.05, 0.1) is 13.1 Å². The molecule has 0 spiro atoms. The van der Waals surface area contributed by atoms with Gasteiger partial charge < -0.3 is 9.88 Å². The Kier molecular flexibility index (Phi) is 4.73. The zero-order valence-corrected chi connectivity index (χ0v) is 15.1. The van der Waals surface area contributed by atoms with E-state index in [1.165, 1.54) is 12.1 Å². The highest BCUT2D eigenvalue weighted by atomic mass is 32.1. The first kappa shape index (κ1) is 17.4. The molecule has 0 saturated heterocycles. The summed E-state index contributed by atoms with van der Waals surface area (Å²) in [7, 11) is 0. The average Bonchev–Trinajstić information content (AvgIpc) is 3.31. The topological polar surface area (TPSA) is 34.0 Å². The van der Waals surface area contributed by atoms with E-state index < -0.39 is 11.6 Å². The van der Waals surface area contributed by atoms with Crippen molar-refractivity contribution < 1.29 is 13.6 Å². The third-order valence-corrected chi connectivity index (χ3v) is 5.27. The van der Waals surface area contributed by atoms with Crippen molar-refractivity contribution in [2.75, 3.05) is 0 Å². The van der Waals surface area contributed by atoms with Crippen molar-refractivity contribution in [1.29, 1.82) is 0 Å². The van der Waals surface area contributed by atoms with Gasteiger partial charge in [-0.3, -0.25) is 4.79 Å². The quantitative estimate of drug-likeness (QED) is 0.520. The lowest BCUT2D eigenvalue weighted by molar-refractivity contribution is 0.0951. The fourth-order valence-corrected chi connectivity index (χ4v) is 3.64. The summed E-state index contributed by atoms with van der Waals surface area (Å²) in [6, 6.07) is 14.8. The maximum absolute atomic E-state index is 13.9. The van der Waals surface area contributed by atoms with Crippen LogP contribution in [0.5, 0.6) is 0 Å². The molecule has 0 unspecified atom stereocenters. The first-order valence-corrected chi connectivity index (χ1v) is 9.31. The second-order valence-electron chi connectivity index (χ2n) is 6.22. The van der Waals surface area contributed by atoms with Crippen molar-refractivity contribution in [3.8, 4) is 0 Å². The van der Waals surface area contributed by atoms with Crippen molar-refractivity contribution in [1.82, 2.24) is 9.88 Å². The molecule has 0 atom stereocenters. The smallest absolute Gasteiger partial charge is 0.251 e. The lowest BCUT2D eigenvalue weighted by Gasteiger charge is -2.08. The Balaban J connectivity index is 1.53. The minimum absolute atomic E-state index is 0.136. The average molecular weight is 382 g/mol. The molecule has 2 aromatic carbocycles. The zero-order valence-electron chi connectivity index (χ0n) is 14.3. The number of carbonyl (C=O) groups excluding carboxylic acids is 1. The summed E-state index contributed by atoms with van der Waals surface area (Å²) in [6.07, 6.45) is 1.83. The van der Waals surface area contributed by atoms with Crippen LogP contribution in [0.1, 0.15) is 20.8 Å². The molecule has 0 aliphatic heterocycles. The molecular weight excluding hydrogens is 366 g/mol. The normalized spacial score (nSPS) is 11.0. The van der Waals surface area contributed by atoms with Crippen LogP contribution in [0, 0.1) is 11.6 Å². The maximum Gasteiger partial charge on any atom is 0.251 e. The van der Waals surface area contributed by atoms with Gasteiger partial charge in [0, 0.05) is 39.2 Å². The summed E-state index contributed by atoms with van der Waals surface area (Å²) in [5.41, 5.74) is 1.87. The van der Waals surface area contributed by atoms with E-state index in [1.54, 1.807) is 17.4 Å². The molecule has 0 fully saturated rings. The van der Waals surface area contributed by atoms with Gasteiger partial charge in [0.1, 0.15) is 11.6 Å². The monoisotopic (exact) mass is 382 g/mol. The lowest BCUT2D eigenvalue weighted by atomic mass is 10.1. The number of aromatic nitrogens is 1. The molecule has 1 N–H and O–H groups in total. The standard InChI is InChI=1S/C21H16F2N2OS/c22-17-5-3-16(19(23)11-17)13-25-8-7-14-10-15(4-6-20(14)25)21(26)24-12-18-2-1-9-27-18/h1-11H,12-13H2,(H,24,26). The van der Waals surface area contributed by atoms with E-state index in [0.29, 0.717) is 24.2 Å². The number of carbonyl (C=O) groups is 1. The predicted molar refractivity (Wildman–Crippen MR) is 103 cm³/mol. The molecule has 2 heterocycles. The molecule has 0 bridgehead atoms. The Labute approximate surface area is 158 Å². The lowest BCUT2D eigenvalue weighted by Crippen LogP contribution is -2.22. The molecule has 0 aliphatic rings. The molecule has 2 aromatic heterocycles. The van der Waals surface area contributed by atoms with Crippen molar-refractivity contribution in [3.63, 3.8) is 0 Å². The summed E-state index contributed by atoms with van der Waals surface area (Å²) < 4.78 is 28.9. The summed E-state index contributed by atoms with van der Waals surface area (Å²) in [5.74, 6) is -1.30. The van der Waals surface area contributed by atoms with Gasteiger partial charge in [-0.15, -0.1) is 11.3 Å². The SMILES string of the molecule is O=C(NCc1cccs1)c1ccc2c(ccn2Cc2ccc(F)cc2F)c1. The molecule has 0 radical (unpaired) electrons. The molecule has 4 aromatic rings. The van der Waals surface area contributed by atoms with Crippen molar-refractivity contribution in [3.05, 3.63) is 93.8 Å². The van der Waals surface area contributed by atoms with E-state index in [2.05, 4.69) is 5.32 Å². The second-order valence-corrected chi connectivity index (χ2v) is 7.25. The summed E-state index contributed by atoms with van der Waals surface area (Å²) in [4.78, 5) is 13.5. The zero-order chi connectivity index (χ0) is 18.8. The Morgan fingerprint density at radius 2 is 1.96 bits per heavy atom. The van der Waals surface area contributed by atoms with Gasteiger partial charge >= 0.3 is 0 Å². The van der Waals surface area contributed by atoms with Crippen LogP contribution in [-0.4, -0.2) is 10.5 Å². The van der Waals surface area contributed by atoms with E-state index in [-0.39, 0.29) is 5.91 Å². The molecule has 1 amide bonds. The molecule has 4 rings (SSSR count). The van der Waals surface area contributed by atoms with Crippen molar-refractivity contribution >= 4 is 28.1 Å². The highest BCUT2D eigenvalue weighted by Crippen LogP contribution is 2.20. The highest BCUT2D eigenvalue weighted by molar-refractivity contribution is 7.09. The first-order chi connectivity index (χ1) is 13.1. The van der Waals surface area contributed by atoms with Gasteiger partial charge in [-0.1, -0.05) is 12.1 Å². The molecule has 6 heteroatoms. The number of nitrogens with one attached hydrogen (secondary N) is 1. The number of amides is 1. The number of hydrogen-bond acceptors (Lipinski definition) is 2. The van der Waals surface area contributed by atoms with Gasteiger partial charge in [0.15, 0.2) is 0 Å². The maximum atomic E-state index is 13.9. The molecule has 136 valence electrons. The van der Waals surface area contributed by atoms with Gasteiger partial charge in [-0.05, 0) is 41.8 Å². The van der Waals surface area contributed by atoms with Crippen molar-refractivity contribution in [2.24, 2.45) is 0 Å². The number of thiophene rings is 1. The van der Waals surface area contributed by atoms with Crippen LogP contribution in [0.4, 0.5) is 8.78 Å². The van der Waals surface area contributed by atoms with Crippen LogP contribution in [-0.2, 0) is 13.1 Å². The summed E-state index contributed by atoms with van der Waals surface area (Å²) in [6.45, 7) is 0.791. The number of nitrogens with zero attached hydrogens (tertiary/aromatic N) is 1. The van der Waals surface area contributed by atoms with E-state index in [1.807, 2.05) is 46.5 Å². The van der Waals surface area contributed by atoms with Gasteiger partial charge in [-0.2, -0.15) is 0 Å². The van der Waals surface area contributed by atoms with Crippen LogP contribution in [0.2, 0.25) is 0 Å². The minimum Gasteiger partial charge on any atom is -0.347 e. The van der Waals surface area contributed by atoms with Gasteiger partial charge in [-0.25, -0.2) is 8.78 Å². The third kappa shape index (κ3) is 3.75. The molecule has 0 aliphatic carbocycles. The predicted octanol–water partition coefficient (Wildman–Crippen LogP) is 4.96. The number of hydrogen-bond donors (Lipinski definition) is 1. The number of rotatable bonds is 5. The molecular formula is C21H16F2N2OS. The fraction of sp³-hybridized carbons (Fsp3) is 0.0952. The Hall–Kier alpha value is -2.99. The Morgan fingerprint density at radius 3 is 2.74 bits per heavy atom. The van der Waals surface area contributed by atoms with Gasteiger partial charge in [0.2, 0.25) is 0 Å². The van der Waals surface area contributed by atoms with Crippen LogP contribution < -0.4 is 5.32 Å². The highest BCUT2D eigenvalue weighted by Gasteiger charge is 2.10. The Bertz CT molecular complexity index is 1100. The van der Waals surface area contributed by atoms with Crippen LogP contribution >= 0.6 is 11.3 Å². The summed E-state index contributed by atoms with van der Waals surface area (Å²) >= 11 is 1.60. The number of fused-ring (bicyclic) bond motifs is 1. The largest absolute Gasteiger partial charge is 0.347 e. The third-order valence-electron chi connectivity index (χ3n) is 4.39. The van der Waals surface area contributed by atoms with E-state index >= 15 is 0 Å². The Morgan fingerprint density at radius 1 is 1.07 bits per heavy atom. The van der Waals surface area contributed by atoms with E-state index in [9.17, 15) is 13.6 Å². The second kappa shape index (κ2) is 7.32. The van der Waals surface area contributed by atoms with Crippen LogP contribution in [0.15, 0.2) is 66.2 Å². The first-order valence-electron chi connectivity index (χ1n) is 8.43. The summed E-state index contributed by atoms with van der Waals surface area (Å²) in [5, 5.41) is 5.77. The van der Waals surface area contributed by atoms with Crippen LogP contribution in [0.25, 0.3) is 10.9 Å². The number of benzene rings is 2. The van der Waals surface area contributed by atoms with Crippen molar-refractivity contribution in [2.45, 2.75) is 13.1 Å². The molecule has 27 heavy (non-hydrogen) atoms. The van der Waals surface area contributed by atoms with E-state index in [0.717, 1.165) is 21.8 Å². The fourth-order valence-electron chi connectivity index (χ4n) is 3.00.